The fraction of sp³-hybridized carbons (Fsp3) is 0.591. The van der Waals surface area contributed by atoms with Gasteiger partial charge in [0.25, 0.3) is 5.91 Å². The Morgan fingerprint density at radius 1 is 0.857 bits per heavy atom. The van der Waals surface area contributed by atoms with Gasteiger partial charge in [-0.2, -0.15) is 0 Å². The molecule has 6 heteroatoms. The Balaban J connectivity index is 1.35. The van der Waals surface area contributed by atoms with E-state index in [2.05, 4.69) is 5.32 Å². The molecule has 0 atom stereocenters. The first-order valence-electron chi connectivity index (χ1n) is 10.5. The average Bonchev–Trinajstić information content (AvgIpc) is 2.77. The third-order valence-corrected chi connectivity index (χ3v) is 5.91. The minimum absolute atomic E-state index is 0.0106. The highest BCUT2D eigenvalue weighted by molar-refractivity contribution is 5.96. The number of hydrogen-bond donors (Lipinski definition) is 1. The third-order valence-electron chi connectivity index (χ3n) is 5.91. The Labute approximate surface area is 167 Å². The molecule has 1 N–H and O–H groups in total. The molecule has 1 aliphatic heterocycles. The molecule has 6 nitrogen and oxygen atoms in total. The summed E-state index contributed by atoms with van der Waals surface area (Å²) in [4.78, 5) is 40.5. The van der Waals surface area contributed by atoms with Gasteiger partial charge in [0, 0.05) is 38.2 Å². The summed E-state index contributed by atoms with van der Waals surface area (Å²) < 4.78 is 0. The molecule has 152 valence electrons. The Bertz CT molecular complexity index is 663. The molecule has 1 aromatic carbocycles. The van der Waals surface area contributed by atoms with E-state index in [9.17, 15) is 14.4 Å². The standard InChI is InChI=1S/C22H31N3O3/c26-20(12-11-18-7-3-1-4-8-18)24-13-15-25(16-14-24)21(27)17-23-22(28)19-9-5-2-6-10-19/h2,5-6,9-10,18H,1,3-4,7-8,11-17H2,(H,23,28). The molecule has 3 rings (SSSR count). The molecule has 3 amide bonds. The first-order valence-corrected chi connectivity index (χ1v) is 10.5. The molecule has 1 aromatic rings. The molecule has 1 aliphatic carbocycles. The summed E-state index contributed by atoms with van der Waals surface area (Å²) in [5.74, 6) is 0.591. The molecule has 0 radical (unpaired) electrons. The molecule has 28 heavy (non-hydrogen) atoms. The van der Waals surface area contributed by atoms with Crippen LogP contribution < -0.4 is 5.32 Å². The minimum Gasteiger partial charge on any atom is -0.343 e. The number of amides is 3. The molecule has 2 aliphatic rings. The normalized spacial score (nSPS) is 18.0. The summed E-state index contributed by atoms with van der Waals surface area (Å²) in [5.41, 5.74) is 0.545. The van der Waals surface area contributed by atoms with Crippen LogP contribution in [0.1, 0.15) is 55.3 Å². The topological polar surface area (TPSA) is 69.7 Å². The highest BCUT2D eigenvalue weighted by atomic mass is 16.2. The zero-order valence-electron chi connectivity index (χ0n) is 16.6. The molecular formula is C22H31N3O3. The van der Waals surface area contributed by atoms with E-state index in [0.717, 1.165) is 6.42 Å². The summed E-state index contributed by atoms with van der Waals surface area (Å²) in [6, 6.07) is 8.87. The van der Waals surface area contributed by atoms with Crippen molar-refractivity contribution in [3.8, 4) is 0 Å². The minimum atomic E-state index is -0.245. The molecule has 1 saturated heterocycles. The summed E-state index contributed by atoms with van der Waals surface area (Å²) in [7, 11) is 0. The van der Waals surface area contributed by atoms with Crippen LogP contribution in [0.5, 0.6) is 0 Å². The Morgan fingerprint density at radius 3 is 2.11 bits per heavy atom. The van der Waals surface area contributed by atoms with Crippen molar-refractivity contribution in [2.75, 3.05) is 32.7 Å². The van der Waals surface area contributed by atoms with Gasteiger partial charge in [0.05, 0.1) is 6.54 Å². The van der Waals surface area contributed by atoms with E-state index in [0.29, 0.717) is 44.1 Å². The smallest absolute Gasteiger partial charge is 0.251 e. The lowest BCUT2D eigenvalue weighted by atomic mass is 9.86. The summed E-state index contributed by atoms with van der Waals surface area (Å²) in [6.07, 6.45) is 8.12. The fourth-order valence-electron chi connectivity index (χ4n) is 4.13. The van der Waals surface area contributed by atoms with Gasteiger partial charge in [0.2, 0.25) is 11.8 Å². The predicted octanol–water partition coefficient (Wildman–Crippen LogP) is 2.45. The van der Waals surface area contributed by atoms with E-state index in [1.54, 1.807) is 29.2 Å². The Morgan fingerprint density at radius 2 is 1.46 bits per heavy atom. The second-order valence-electron chi connectivity index (χ2n) is 7.85. The van der Waals surface area contributed by atoms with E-state index >= 15 is 0 Å². The van der Waals surface area contributed by atoms with Crippen LogP contribution in [0.2, 0.25) is 0 Å². The van der Waals surface area contributed by atoms with Crippen molar-refractivity contribution in [2.24, 2.45) is 5.92 Å². The van der Waals surface area contributed by atoms with Gasteiger partial charge in [-0.25, -0.2) is 0 Å². The fourth-order valence-corrected chi connectivity index (χ4v) is 4.13. The number of hydrogen-bond acceptors (Lipinski definition) is 3. The maximum absolute atomic E-state index is 12.5. The molecule has 0 unspecified atom stereocenters. The van der Waals surface area contributed by atoms with Crippen LogP contribution in [-0.2, 0) is 9.59 Å². The molecule has 0 aromatic heterocycles. The zero-order valence-corrected chi connectivity index (χ0v) is 16.6. The molecule has 0 bridgehead atoms. The van der Waals surface area contributed by atoms with Crippen LogP contribution in [0.15, 0.2) is 30.3 Å². The van der Waals surface area contributed by atoms with Crippen molar-refractivity contribution in [3.63, 3.8) is 0 Å². The summed E-state index contributed by atoms with van der Waals surface area (Å²) in [6.45, 7) is 2.23. The number of benzene rings is 1. The number of carbonyl (C=O) groups excluding carboxylic acids is 3. The predicted molar refractivity (Wildman–Crippen MR) is 108 cm³/mol. The number of piperazine rings is 1. The average molecular weight is 386 g/mol. The number of rotatable bonds is 6. The van der Waals surface area contributed by atoms with E-state index in [1.807, 2.05) is 11.0 Å². The van der Waals surface area contributed by atoms with Crippen molar-refractivity contribution in [1.29, 1.82) is 0 Å². The lowest BCUT2D eigenvalue weighted by Crippen LogP contribution is -2.52. The monoisotopic (exact) mass is 385 g/mol. The summed E-state index contributed by atoms with van der Waals surface area (Å²) >= 11 is 0. The quantitative estimate of drug-likeness (QED) is 0.818. The highest BCUT2D eigenvalue weighted by Gasteiger charge is 2.25. The van der Waals surface area contributed by atoms with Gasteiger partial charge in [0.1, 0.15) is 0 Å². The van der Waals surface area contributed by atoms with E-state index < -0.39 is 0 Å². The van der Waals surface area contributed by atoms with Crippen molar-refractivity contribution >= 4 is 17.7 Å². The molecule has 1 heterocycles. The van der Waals surface area contributed by atoms with Gasteiger partial charge in [0.15, 0.2) is 0 Å². The van der Waals surface area contributed by atoms with Gasteiger partial charge < -0.3 is 15.1 Å². The van der Waals surface area contributed by atoms with Crippen LogP contribution in [0, 0.1) is 5.92 Å². The molecule has 2 fully saturated rings. The van der Waals surface area contributed by atoms with E-state index in [4.69, 9.17) is 0 Å². The molecular weight excluding hydrogens is 354 g/mol. The first kappa shape index (κ1) is 20.4. The largest absolute Gasteiger partial charge is 0.343 e. The van der Waals surface area contributed by atoms with Gasteiger partial charge in [-0.3, -0.25) is 14.4 Å². The summed E-state index contributed by atoms with van der Waals surface area (Å²) in [5, 5.41) is 2.68. The van der Waals surface area contributed by atoms with Crippen LogP contribution in [0.4, 0.5) is 0 Å². The molecule has 0 spiro atoms. The van der Waals surface area contributed by atoms with Gasteiger partial charge in [-0.15, -0.1) is 0 Å². The Hall–Kier alpha value is -2.37. The molecule has 1 saturated carbocycles. The van der Waals surface area contributed by atoms with Crippen LogP contribution in [0.3, 0.4) is 0 Å². The zero-order chi connectivity index (χ0) is 19.8. The van der Waals surface area contributed by atoms with Crippen molar-refractivity contribution in [2.45, 2.75) is 44.9 Å². The van der Waals surface area contributed by atoms with Crippen molar-refractivity contribution < 1.29 is 14.4 Å². The number of nitrogens with zero attached hydrogens (tertiary/aromatic N) is 2. The van der Waals surface area contributed by atoms with E-state index in [1.165, 1.54) is 32.1 Å². The number of carbonyl (C=O) groups is 3. The maximum atomic E-state index is 12.5. The Kier molecular flexibility index (Phi) is 7.46. The highest BCUT2D eigenvalue weighted by Crippen LogP contribution is 2.27. The second kappa shape index (κ2) is 10.2. The lowest BCUT2D eigenvalue weighted by molar-refractivity contribution is -0.139. The van der Waals surface area contributed by atoms with Crippen LogP contribution in [0.25, 0.3) is 0 Å². The van der Waals surface area contributed by atoms with Crippen molar-refractivity contribution in [3.05, 3.63) is 35.9 Å². The van der Waals surface area contributed by atoms with Crippen LogP contribution in [-0.4, -0.2) is 60.2 Å². The second-order valence-corrected chi connectivity index (χ2v) is 7.85. The van der Waals surface area contributed by atoms with Crippen molar-refractivity contribution in [1.82, 2.24) is 15.1 Å². The van der Waals surface area contributed by atoms with Crippen LogP contribution >= 0.6 is 0 Å². The third kappa shape index (κ3) is 5.81. The lowest BCUT2D eigenvalue weighted by Gasteiger charge is -2.35. The van der Waals surface area contributed by atoms with Gasteiger partial charge in [-0.1, -0.05) is 50.3 Å². The maximum Gasteiger partial charge on any atom is 0.251 e. The number of nitrogens with one attached hydrogen (secondary N) is 1. The first-order chi connectivity index (χ1) is 13.6. The van der Waals surface area contributed by atoms with Gasteiger partial charge >= 0.3 is 0 Å². The van der Waals surface area contributed by atoms with Gasteiger partial charge in [-0.05, 0) is 24.5 Å². The van der Waals surface area contributed by atoms with E-state index in [-0.39, 0.29) is 24.3 Å². The SMILES string of the molecule is O=C(NCC(=O)N1CCN(C(=O)CCC2CCCCC2)CC1)c1ccccc1.